The van der Waals surface area contributed by atoms with Gasteiger partial charge in [-0.05, 0) is 67.1 Å². The molecule has 1 aromatic heterocycles. The Morgan fingerprint density at radius 1 is 1.16 bits per heavy atom. The third-order valence-corrected chi connectivity index (χ3v) is 10.1. The predicted octanol–water partition coefficient (Wildman–Crippen LogP) is 5.07. The molecule has 4 aromatic rings. The number of morpholine rings is 1. The monoisotopic (exact) mass is 632 g/mol. The Balaban J connectivity index is 1.12. The third kappa shape index (κ3) is 5.67. The molecule has 1 spiro atoms. The molecule has 3 N–H and O–H groups in total. The van der Waals surface area contributed by atoms with Crippen molar-refractivity contribution in [3.8, 4) is 22.9 Å². The molecule has 9 nitrogen and oxygen atoms in total. The van der Waals surface area contributed by atoms with E-state index in [0.29, 0.717) is 28.9 Å². The molecule has 45 heavy (non-hydrogen) atoms. The molecule has 2 bridgehead atoms. The van der Waals surface area contributed by atoms with Crippen LogP contribution in [0.4, 0.5) is 10.2 Å². The zero-order valence-electron chi connectivity index (χ0n) is 25.4. The number of halogens is 2. The number of aromatic nitrogens is 2. The summed E-state index contributed by atoms with van der Waals surface area (Å²) in [5.41, 5.74) is 0.926. The van der Waals surface area contributed by atoms with Crippen molar-refractivity contribution in [1.82, 2.24) is 25.5 Å². The minimum atomic E-state index is -0.567. The summed E-state index contributed by atoms with van der Waals surface area (Å²) in [6.45, 7) is 7.41. The number of fused-ring (bicyclic) bond motifs is 4. The van der Waals surface area contributed by atoms with Gasteiger partial charge in [0.25, 0.3) is 0 Å². The van der Waals surface area contributed by atoms with Crippen LogP contribution in [0.3, 0.4) is 0 Å². The average Bonchev–Trinajstić information content (AvgIpc) is 3.67. The maximum absolute atomic E-state index is 16.8. The highest BCUT2D eigenvalue weighted by Crippen LogP contribution is 2.43. The number of rotatable bonds is 8. The lowest BCUT2D eigenvalue weighted by atomic mass is 9.96. The first-order valence-electron chi connectivity index (χ1n) is 16.0. The first-order chi connectivity index (χ1) is 21.8. The van der Waals surface area contributed by atoms with E-state index in [9.17, 15) is 5.11 Å². The molecular formula is C34H38ClFN6O3. The Bertz CT molecular complexity index is 1760. The van der Waals surface area contributed by atoms with Gasteiger partial charge in [-0.3, -0.25) is 10.2 Å². The molecule has 3 aliphatic heterocycles. The highest BCUT2D eigenvalue weighted by molar-refractivity contribution is 6.35. The summed E-state index contributed by atoms with van der Waals surface area (Å²) in [5, 5.41) is 20.0. The van der Waals surface area contributed by atoms with Crippen molar-refractivity contribution in [2.24, 2.45) is 0 Å². The van der Waals surface area contributed by atoms with Gasteiger partial charge >= 0.3 is 6.01 Å². The van der Waals surface area contributed by atoms with Gasteiger partial charge in [0, 0.05) is 61.8 Å². The van der Waals surface area contributed by atoms with Crippen molar-refractivity contribution in [3.05, 3.63) is 53.3 Å². The zero-order chi connectivity index (χ0) is 30.7. The molecule has 1 saturated carbocycles. The number of ether oxygens (including phenoxy) is 2. The summed E-state index contributed by atoms with van der Waals surface area (Å²) >= 11 is 6.87. The van der Waals surface area contributed by atoms with E-state index in [1.54, 1.807) is 18.2 Å². The van der Waals surface area contributed by atoms with Gasteiger partial charge in [0.15, 0.2) is 5.82 Å². The van der Waals surface area contributed by atoms with Crippen LogP contribution >= 0.6 is 11.6 Å². The van der Waals surface area contributed by atoms with E-state index < -0.39 is 5.82 Å². The Hall–Kier alpha value is -3.28. The van der Waals surface area contributed by atoms with Gasteiger partial charge in [-0.25, -0.2) is 4.39 Å². The summed E-state index contributed by atoms with van der Waals surface area (Å²) in [7, 11) is 0. The number of anilines is 1. The molecule has 0 radical (unpaired) electrons. The van der Waals surface area contributed by atoms with Crippen molar-refractivity contribution in [1.29, 1.82) is 0 Å². The predicted molar refractivity (Wildman–Crippen MR) is 174 cm³/mol. The van der Waals surface area contributed by atoms with E-state index in [1.165, 1.54) is 0 Å². The Morgan fingerprint density at radius 2 is 1.96 bits per heavy atom. The van der Waals surface area contributed by atoms with Crippen LogP contribution in [0.2, 0.25) is 5.02 Å². The van der Waals surface area contributed by atoms with Crippen LogP contribution in [0.15, 0.2) is 42.5 Å². The average molecular weight is 633 g/mol. The van der Waals surface area contributed by atoms with Crippen molar-refractivity contribution in [2.75, 3.05) is 51.0 Å². The molecule has 2 unspecified atom stereocenters. The van der Waals surface area contributed by atoms with E-state index in [2.05, 4.69) is 32.3 Å². The maximum Gasteiger partial charge on any atom is 0.320 e. The molecule has 4 heterocycles. The van der Waals surface area contributed by atoms with Crippen LogP contribution in [-0.4, -0.2) is 89.8 Å². The molecule has 8 rings (SSSR count). The summed E-state index contributed by atoms with van der Waals surface area (Å²) < 4.78 is 28.8. The molecule has 1 aliphatic carbocycles. The smallest absolute Gasteiger partial charge is 0.320 e. The second kappa shape index (κ2) is 11.5. The van der Waals surface area contributed by atoms with Crippen LogP contribution in [0, 0.1) is 5.82 Å². The SMILES string of the molecule is C[C@H](CN1CCOC2(CC2)C1)NCOc1nc(N2CC3CCC(C2)N3)c2cc(Cl)c(-c3cc(O)cc4ccccc34)c(F)c2n1. The van der Waals surface area contributed by atoms with Crippen LogP contribution in [0.25, 0.3) is 32.8 Å². The lowest BCUT2D eigenvalue weighted by molar-refractivity contribution is -0.0480. The molecule has 4 aliphatic rings. The standard InChI is InChI=1S/C34H38ClFN6O3/c1-20(15-41-10-11-45-34(18-41)8-9-34)37-19-44-33-39-31-27(32(40-33)42-16-22-6-7-23(17-42)38-22)14-28(35)29(30(31)36)26-13-24(43)12-21-4-2-3-5-25(21)26/h2-5,12-14,20,22-23,37-38,43H,6-11,15-19H2,1H3/t20-,22?,23?/m1/s1. The van der Waals surface area contributed by atoms with Gasteiger partial charge in [0.2, 0.25) is 0 Å². The molecular weight excluding hydrogens is 595 g/mol. The topological polar surface area (TPSA) is 95.0 Å². The van der Waals surface area contributed by atoms with E-state index in [0.717, 1.165) is 75.8 Å². The van der Waals surface area contributed by atoms with Crippen molar-refractivity contribution >= 4 is 39.1 Å². The summed E-state index contributed by atoms with van der Waals surface area (Å²) in [4.78, 5) is 14.1. The number of aromatic hydroxyl groups is 1. The maximum atomic E-state index is 16.8. The fraction of sp³-hybridized carbons (Fsp3) is 0.471. The Kier molecular flexibility index (Phi) is 7.45. The second-order valence-corrected chi connectivity index (χ2v) is 13.6. The fourth-order valence-electron chi connectivity index (χ4n) is 7.41. The minimum Gasteiger partial charge on any atom is -0.508 e. The Labute approximate surface area is 266 Å². The molecule has 3 atom stereocenters. The molecule has 0 amide bonds. The summed E-state index contributed by atoms with van der Waals surface area (Å²) in [6, 6.07) is 13.5. The number of benzene rings is 3. The molecule has 3 saturated heterocycles. The number of nitrogens with one attached hydrogen (secondary N) is 2. The first-order valence-corrected chi connectivity index (χ1v) is 16.4. The van der Waals surface area contributed by atoms with E-state index in [4.69, 9.17) is 26.1 Å². The zero-order valence-corrected chi connectivity index (χ0v) is 26.1. The van der Waals surface area contributed by atoms with Crippen molar-refractivity contribution < 1.29 is 19.0 Å². The quantitative estimate of drug-likeness (QED) is 0.230. The number of phenols is 1. The lowest BCUT2D eigenvalue weighted by Gasteiger charge is -2.35. The summed E-state index contributed by atoms with van der Waals surface area (Å²) in [6.07, 6.45) is 4.50. The van der Waals surface area contributed by atoms with Crippen LogP contribution in [0.5, 0.6) is 11.8 Å². The number of piperazine rings is 1. The minimum absolute atomic E-state index is 0.0347. The van der Waals surface area contributed by atoms with Gasteiger partial charge in [0.1, 0.15) is 23.8 Å². The number of nitrogens with zero attached hydrogens (tertiary/aromatic N) is 4. The van der Waals surface area contributed by atoms with Crippen LogP contribution < -0.4 is 20.3 Å². The normalized spacial score (nSPS) is 23.2. The van der Waals surface area contributed by atoms with Crippen LogP contribution in [0.1, 0.15) is 32.6 Å². The van der Waals surface area contributed by atoms with Gasteiger partial charge < -0.3 is 24.8 Å². The summed E-state index contributed by atoms with van der Waals surface area (Å²) in [5.74, 6) is 0.0904. The third-order valence-electron chi connectivity index (χ3n) is 9.77. The highest BCUT2D eigenvalue weighted by atomic mass is 35.5. The number of hydrogen-bond donors (Lipinski definition) is 3. The van der Waals surface area contributed by atoms with Gasteiger partial charge in [-0.15, -0.1) is 0 Å². The fourth-order valence-corrected chi connectivity index (χ4v) is 7.70. The second-order valence-electron chi connectivity index (χ2n) is 13.2. The number of phenolic OH excluding ortho intramolecular Hbond substituents is 1. The van der Waals surface area contributed by atoms with E-state index >= 15 is 4.39 Å². The van der Waals surface area contributed by atoms with Crippen molar-refractivity contribution in [2.45, 2.75) is 56.3 Å². The van der Waals surface area contributed by atoms with Gasteiger partial charge in [-0.1, -0.05) is 35.9 Å². The lowest BCUT2D eigenvalue weighted by Crippen LogP contribution is -2.51. The van der Waals surface area contributed by atoms with Crippen molar-refractivity contribution in [3.63, 3.8) is 0 Å². The van der Waals surface area contributed by atoms with Crippen LogP contribution in [-0.2, 0) is 4.74 Å². The molecule has 236 valence electrons. The molecule has 4 fully saturated rings. The number of hydrogen-bond acceptors (Lipinski definition) is 9. The first kappa shape index (κ1) is 29.1. The van der Waals surface area contributed by atoms with Gasteiger partial charge in [-0.2, -0.15) is 9.97 Å². The van der Waals surface area contributed by atoms with Gasteiger partial charge in [0.05, 0.1) is 17.2 Å². The highest BCUT2D eigenvalue weighted by Gasteiger charge is 2.47. The largest absolute Gasteiger partial charge is 0.508 e. The Morgan fingerprint density at radius 3 is 2.76 bits per heavy atom. The molecule has 3 aromatic carbocycles. The van der Waals surface area contributed by atoms with E-state index in [1.807, 2.05) is 24.3 Å². The van der Waals surface area contributed by atoms with E-state index in [-0.39, 0.29) is 46.2 Å². The molecule has 11 heteroatoms.